The molecular formula is C31H32F2N6O6S. The van der Waals surface area contributed by atoms with Gasteiger partial charge in [0.15, 0.2) is 0 Å². The third-order valence-corrected chi connectivity index (χ3v) is 8.51. The minimum atomic E-state index is -3.68. The van der Waals surface area contributed by atoms with Gasteiger partial charge in [-0.15, -0.1) is 0 Å². The maximum atomic E-state index is 15.3. The summed E-state index contributed by atoms with van der Waals surface area (Å²) in [6.45, 7) is 3.08. The number of ether oxygens (including phenoxy) is 3. The fraction of sp³-hybridized carbons (Fsp3) is 0.355. The SMILES string of the molecule is COC(=O)c1cc(F)c2c(c1)CCN(Cc1cc(F)cc3c(-c4cnc(OC)c(NS(C)(=O)=O)c4)nc(N4CCOCC4)nc13)C2. The van der Waals surface area contributed by atoms with E-state index < -0.39 is 27.6 Å². The summed E-state index contributed by atoms with van der Waals surface area (Å²) in [5.41, 5.74) is 3.29. The van der Waals surface area contributed by atoms with E-state index >= 15 is 8.78 Å². The van der Waals surface area contributed by atoms with Crippen LogP contribution in [-0.4, -0.2) is 87.6 Å². The van der Waals surface area contributed by atoms with Crippen molar-refractivity contribution in [2.75, 3.05) is 62.9 Å². The predicted molar refractivity (Wildman–Crippen MR) is 166 cm³/mol. The van der Waals surface area contributed by atoms with Gasteiger partial charge in [0.05, 0.1) is 50.5 Å². The summed E-state index contributed by atoms with van der Waals surface area (Å²) in [6.07, 6.45) is 2.98. The molecule has 1 N–H and O–H groups in total. The number of aromatic nitrogens is 3. The molecule has 0 bridgehead atoms. The van der Waals surface area contributed by atoms with E-state index in [4.69, 9.17) is 24.2 Å². The van der Waals surface area contributed by atoms with Crippen molar-refractivity contribution >= 4 is 38.5 Å². The van der Waals surface area contributed by atoms with Crippen molar-refractivity contribution in [1.29, 1.82) is 0 Å². The Hall–Kier alpha value is -4.47. The van der Waals surface area contributed by atoms with Gasteiger partial charge in [0.1, 0.15) is 17.3 Å². The van der Waals surface area contributed by atoms with Gasteiger partial charge in [0.2, 0.25) is 21.9 Å². The first kappa shape index (κ1) is 31.5. The molecule has 1 fully saturated rings. The molecule has 2 aliphatic rings. The number of morpholine rings is 1. The Morgan fingerprint density at radius 3 is 2.57 bits per heavy atom. The van der Waals surface area contributed by atoms with Crippen LogP contribution >= 0.6 is 0 Å². The van der Waals surface area contributed by atoms with Crippen LogP contribution in [0.5, 0.6) is 5.88 Å². The number of carbonyl (C=O) groups excluding carboxylic acids is 1. The summed E-state index contributed by atoms with van der Waals surface area (Å²) in [6, 6.07) is 7.12. The number of pyridine rings is 1. The summed E-state index contributed by atoms with van der Waals surface area (Å²) in [7, 11) is -1.06. The number of hydrogen-bond donors (Lipinski definition) is 1. The van der Waals surface area contributed by atoms with Crippen molar-refractivity contribution in [2.45, 2.75) is 19.5 Å². The number of fused-ring (bicyclic) bond motifs is 2. The van der Waals surface area contributed by atoms with E-state index in [1.54, 1.807) is 6.07 Å². The van der Waals surface area contributed by atoms with E-state index in [0.29, 0.717) is 78.5 Å². The van der Waals surface area contributed by atoms with Gasteiger partial charge in [-0.05, 0) is 47.9 Å². The van der Waals surface area contributed by atoms with Crippen molar-refractivity contribution < 1.29 is 36.2 Å². The van der Waals surface area contributed by atoms with Gasteiger partial charge in [-0.25, -0.2) is 36.9 Å². The summed E-state index contributed by atoms with van der Waals surface area (Å²) in [5, 5.41) is 0.399. The van der Waals surface area contributed by atoms with Crippen LogP contribution in [0.25, 0.3) is 22.2 Å². The second-order valence-electron chi connectivity index (χ2n) is 11.1. The lowest BCUT2D eigenvalue weighted by Crippen LogP contribution is -2.37. The Labute approximate surface area is 264 Å². The maximum Gasteiger partial charge on any atom is 0.337 e. The Morgan fingerprint density at radius 1 is 1.07 bits per heavy atom. The van der Waals surface area contributed by atoms with Crippen LogP contribution in [0.2, 0.25) is 0 Å². The molecule has 0 aliphatic carbocycles. The number of sulfonamides is 1. The highest BCUT2D eigenvalue weighted by Crippen LogP contribution is 2.35. The van der Waals surface area contributed by atoms with Gasteiger partial charge in [0.25, 0.3) is 0 Å². The minimum Gasteiger partial charge on any atom is -0.480 e. The lowest BCUT2D eigenvalue weighted by Gasteiger charge is -2.30. The normalized spacial score (nSPS) is 15.5. The van der Waals surface area contributed by atoms with Gasteiger partial charge in [-0.2, -0.15) is 0 Å². The Kier molecular flexibility index (Phi) is 8.72. The van der Waals surface area contributed by atoms with Gasteiger partial charge < -0.3 is 19.1 Å². The highest BCUT2D eigenvalue weighted by Gasteiger charge is 2.25. The molecule has 6 rings (SSSR count). The van der Waals surface area contributed by atoms with E-state index in [2.05, 4.69) is 9.71 Å². The van der Waals surface area contributed by atoms with Crippen LogP contribution < -0.4 is 14.4 Å². The first-order chi connectivity index (χ1) is 22.0. The topological polar surface area (TPSA) is 136 Å². The number of hydrogen-bond acceptors (Lipinski definition) is 11. The number of esters is 1. The van der Waals surface area contributed by atoms with E-state index in [-0.39, 0.29) is 30.2 Å². The van der Waals surface area contributed by atoms with Gasteiger partial charge in [-0.1, -0.05) is 0 Å². The molecule has 4 aromatic rings. The van der Waals surface area contributed by atoms with Crippen LogP contribution in [-0.2, 0) is 39.0 Å². The highest BCUT2D eigenvalue weighted by atomic mass is 32.2. The molecule has 0 atom stereocenters. The molecule has 0 saturated carbocycles. The summed E-state index contributed by atoms with van der Waals surface area (Å²) in [4.78, 5) is 30.0. The summed E-state index contributed by atoms with van der Waals surface area (Å²) >= 11 is 0. The predicted octanol–water partition coefficient (Wildman–Crippen LogP) is 3.53. The molecule has 4 heterocycles. The maximum absolute atomic E-state index is 15.3. The zero-order valence-corrected chi connectivity index (χ0v) is 26.3. The number of rotatable bonds is 8. The summed E-state index contributed by atoms with van der Waals surface area (Å²) in [5.74, 6) is -1.17. The average molecular weight is 655 g/mol. The van der Waals surface area contributed by atoms with Crippen molar-refractivity contribution in [3.63, 3.8) is 0 Å². The van der Waals surface area contributed by atoms with Crippen LogP contribution in [0.1, 0.15) is 27.0 Å². The number of methoxy groups -OCH3 is 2. The second kappa shape index (κ2) is 12.7. The number of nitrogens with one attached hydrogen (secondary N) is 1. The van der Waals surface area contributed by atoms with Crippen molar-refractivity contribution in [3.8, 4) is 17.1 Å². The molecule has 0 spiro atoms. The molecule has 0 unspecified atom stereocenters. The molecule has 2 aliphatic heterocycles. The number of nitrogens with zero attached hydrogens (tertiary/aromatic N) is 5. The van der Waals surface area contributed by atoms with Crippen LogP contribution in [0.3, 0.4) is 0 Å². The molecule has 2 aromatic carbocycles. The van der Waals surface area contributed by atoms with Crippen molar-refractivity contribution in [2.24, 2.45) is 0 Å². The molecule has 242 valence electrons. The van der Waals surface area contributed by atoms with E-state index in [1.165, 1.54) is 44.7 Å². The largest absolute Gasteiger partial charge is 0.480 e. The van der Waals surface area contributed by atoms with Gasteiger partial charge in [-0.3, -0.25) is 9.62 Å². The van der Waals surface area contributed by atoms with Crippen LogP contribution in [0, 0.1) is 11.6 Å². The smallest absolute Gasteiger partial charge is 0.337 e. The lowest BCUT2D eigenvalue weighted by atomic mass is 9.96. The molecule has 12 nitrogen and oxygen atoms in total. The van der Waals surface area contributed by atoms with E-state index in [1.807, 2.05) is 9.80 Å². The van der Waals surface area contributed by atoms with Crippen molar-refractivity contribution in [1.82, 2.24) is 19.9 Å². The number of carbonyl (C=O) groups is 1. The summed E-state index contributed by atoms with van der Waals surface area (Å²) < 4.78 is 72.6. The Morgan fingerprint density at radius 2 is 1.85 bits per heavy atom. The molecule has 46 heavy (non-hydrogen) atoms. The Balaban J connectivity index is 1.44. The molecule has 1 saturated heterocycles. The van der Waals surface area contributed by atoms with Gasteiger partial charge in [0, 0.05) is 55.4 Å². The monoisotopic (exact) mass is 654 g/mol. The average Bonchev–Trinajstić information content (AvgIpc) is 3.03. The van der Waals surface area contributed by atoms with E-state index in [9.17, 15) is 13.2 Å². The third-order valence-electron chi connectivity index (χ3n) is 7.92. The fourth-order valence-corrected chi connectivity index (χ4v) is 6.35. The Bertz CT molecular complexity index is 1940. The lowest BCUT2D eigenvalue weighted by molar-refractivity contribution is 0.0599. The number of anilines is 2. The number of halogens is 2. The minimum absolute atomic E-state index is 0.0594. The second-order valence-corrected chi connectivity index (χ2v) is 12.9. The molecule has 0 radical (unpaired) electrons. The highest BCUT2D eigenvalue weighted by molar-refractivity contribution is 7.92. The molecule has 2 aromatic heterocycles. The number of benzene rings is 2. The standard InChI is InChI=1S/C31H32F2N6O6S/c1-43-29-26(37-46(3,41)42)13-20(15-34-29)27-23-14-22(32)11-21(28(23)36-31(35-27)39-6-8-45-9-7-39)16-38-5-4-18-10-19(30(40)44-2)12-25(33)24(18)17-38/h10-15,37H,4-9,16-17H2,1-3H3. The first-order valence-electron chi connectivity index (χ1n) is 14.5. The zero-order chi connectivity index (χ0) is 32.6. The van der Waals surface area contributed by atoms with E-state index in [0.717, 1.165) is 11.8 Å². The quantitative estimate of drug-likeness (QED) is 0.280. The fourth-order valence-electron chi connectivity index (χ4n) is 5.80. The van der Waals surface area contributed by atoms with Crippen molar-refractivity contribution in [3.05, 3.63) is 70.4 Å². The molecular weight excluding hydrogens is 622 g/mol. The van der Waals surface area contributed by atoms with Gasteiger partial charge >= 0.3 is 5.97 Å². The zero-order valence-electron chi connectivity index (χ0n) is 25.5. The van der Waals surface area contributed by atoms with Crippen LogP contribution in [0.4, 0.5) is 20.4 Å². The third kappa shape index (κ3) is 6.57. The first-order valence-corrected chi connectivity index (χ1v) is 16.4. The van der Waals surface area contributed by atoms with Crippen LogP contribution in [0.15, 0.2) is 36.5 Å². The molecule has 0 amide bonds. The molecule has 15 heteroatoms.